The fraction of sp³-hybridized carbons (Fsp3) is 0.933. The number of unbranched alkanes of at least 4 members (excludes halogenated alkanes) is 1. The van der Waals surface area contributed by atoms with E-state index >= 15 is 0 Å². The number of nitrogens with zero attached hydrogens (tertiary/aromatic N) is 2. The highest BCUT2D eigenvalue weighted by molar-refractivity contribution is 5.82. The van der Waals surface area contributed by atoms with Gasteiger partial charge >= 0.3 is 6.18 Å². The third kappa shape index (κ3) is 4.51. The van der Waals surface area contributed by atoms with E-state index in [0.29, 0.717) is 13.0 Å². The highest BCUT2D eigenvalue weighted by atomic mass is 19.4. The van der Waals surface area contributed by atoms with Gasteiger partial charge in [-0.2, -0.15) is 13.2 Å². The smallest absolute Gasteiger partial charge is 0.356 e. The van der Waals surface area contributed by atoms with Crippen LogP contribution in [0.3, 0.4) is 0 Å². The van der Waals surface area contributed by atoms with Crippen molar-refractivity contribution in [3.63, 3.8) is 0 Å². The van der Waals surface area contributed by atoms with E-state index in [1.807, 2.05) is 6.92 Å². The molecule has 1 fully saturated rings. The molecule has 124 valence electrons. The fourth-order valence-corrected chi connectivity index (χ4v) is 2.42. The molecule has 0 aromatic heterocycles. The summed E-state index contributed by atoms with van der Waals surface area (Å²) in [4.78, 5) is 6.69. The SMILES string of the molecule is CCNC(=NCCCCC(F)(F)F)N1CC(C)(C)C1(C)C. The van der Waals surface area contributed by atoms with Gasteiger partial charge in [-0.1, -0.05) is 13.8 Å². The average Bonchev–Trinajstić information content (AvgIpc) is 2.33. The molecule has 0 aromatic rings. The van der Waals surface area contributed by atoms with Gasteiger partial charge in [0.1, 0.15) is 0 Å². The first kappa shape index (κ1) is 18.1. The minimum atomic E-state index is -4.06. The van der Waals surface area contributed by atoms with E-state index in [0.717, 1.165) is 19.0 Å². The van der Waals surface area contributed by atoms with Gasteiger partial charge in [0.05, 0.1) is 0 Å². The van der Waals surface area contributed by atoms with Gasteiger partial charge in [-0.15, -0.1) is 0 Å². The summed E-state index contributed by atoms with van der Waals surface area (Å²) >= 11 is 0. The molecule has 3 nitrogen and oxygen atoms in total. The zero-order valence-electron chi connectivity index (χ0n) is 13.8. The molecule has 0 aromatic carbocycles. The van der Waals surface area contributed by atoms with Crippen LogP contribution in [-0.4, -0.2) is 42.2 Å². The number of hydrogen-bond donors (Lipinski definition) is 1. The summed E-state index contributed by atoms with van der Waals surface area (Å²) in [5.41, 5.74) is 0.208. The Morgan fingerprint density at radius 1 is 1.19 bits per heavy atom. The van der Waals surface area contributed by atoms with Crippen LogP contribution in [0.25, 0.3) is 0 Å². The molecule has 21 heavy (non-hydrogen) atoms. The Morgan fingerprint density at radius 2 is 1.81 bits per heavy atom. The van der Waals surface area contributed by atoms with Crippen LogP contribution in [0.1, 0.15) is 53.9 Å². The van der Waals surface area contributed by atoms with E-state index in [9.17, 15) is 13.2 Å². The molecule has 6 heteroatoms. The number of rotatable bonds is 5. The van der Waals surface area contributed by atoms with E-state index in [2.05, 4.69) is 42.9 Å². The maximum Gasteiger partial charge on any atom is 0.389 e. The van der Waals surface area contributed by atoms with Crippen molar-refractivity contribution >= 4 is 5.96 Å². The molecule has 1 aliphatic rings. The molecule has 0 radical (unpaired) electrons. The van der Waals surface area contributed by atoms with E-state index in [1.54, 1.807) is 0 Å². The van der Waals surface area contributed by atoms with Crippen LogP contribution in [-0.2, 0) is 0 Å². The van der Waals surface area contributed by atoms with Crippen LogP contribution in [0.4, 0.5) is 13.2 Å². The van der Waals surface area contributed by atoms with Crippen LogP contribution >= 0.6 is 0 Å². The number of alkyl halides is 3. The Hall–Kier alpha value is -0.940. The first-order valence-corrected chi connectivity index (χ1v) is 7.64. The van der Waals surface area contributed by atoms with Gasteiger partial charge in [-0.3, -0.25) is 4.99 Å². The zero-order valence-corrected chi connectivity index (χ0v) is 13.8. The van der Waals surface area contributed by atoms with Crippen LogP contribution in [0.15, 0.2) is 4.99 Å². The van der Waals surface area contributed by atoms with Gasteiger partial charge in [0.2, 0.25) is 0 Å². The Bertz CT molecular complexity index is 373. The van der Waals surface area contributed by atoms with Crippen molar-refractivity contribution < 1.29 is 13.2 Å². The van der Waals surface area contributed by atoms with Crippen LogP contribution < -0.4 is 5.32 Å². The normalized spacial score (nSPS) is 21.1. The van der Waals surface area contributed by atoms with Crippen LogP contribution in [0, 0.1) is 5.41 Å². The molecule has 0 saturated carbocycles. The maximum absolute atomic E-state index is 12.1. The molecular formula is C15H28F3N3. The minimum absolute atomic E-state index is 0.0000268. The molecule has 0 atom stereocenters. The van der Waals surface area contributed by atoms with Crippen molar-refractivity contribution in [2.24, 2.45) is 10.4 Å². The molecular weight excluding hydrogens is 279 g/mol. The quantitative estimate of drug-likeness (QED) is 0.475. The molecule has 1 aliphatic heterocycles. The Morgan fingerprint density at radius 3 is 2.24 bits per heavy atom. The van der Waals surface area contributed by atoms with Crippen molar-refractivity contribution in [1.29, 1.82) is 0 Å². The number of aliphatic imine (C=N–C) groups is 1. The summed E-state index contributed by atoms with van der Waals surface area (Å²) in [6.07, 6.45) is -4.17. The topological polar surface area (TPSA) is 27.6 Å². The van der Waals surface area contributed by atoms with Gasteiger partial charge in [0.25, 0.3) is 0 Å². The summed E-state index contributed by atoms with van der Waals surface area (Å²) < 4.78 is 36.3. The third-order valence-electron chi connectivity index (χ3n) is 4.60. The number of likely N-dealkylation sites (tertiary alicyclic amines) is 1. The van der Waals surface area contributed by atoms with Crippen molar-refractivity contribution in [2.45, 2.75) is 65.6 Å². The second-order valence-corrected chi connectivity index (χ2v) is 6.84. The third-order valence-corrected chi connectivity index (χ3v) is 4.60. The molecule has 1 N–H and O–H groups in total. The second-order valence-electron chi connectivity index (χ2n) is 6.84. The van der Waals surface area contributed by atoms with Crippen LogP contribution in [0.5, 0.6) is 0 Å². The second kappa shape index (κ2) is 6.44. The van der Waals surface area contributed by atoms with Crippen molar-refractivity contribution in [1.82, 2.24) is 10.2 Å². The first-order valence-electron chi connectivity index (χ1n) is 7.64. The summed E-state index contributed by atoms with van der Waals surface area (Å²) in [7, 11) is 0. The number of hydrogen-bond acceptors (Lipinski definition) is 1. The molecule has 1 rings (SSSR count). The molecule has 0 amide bonds. The lowest BCUT2D eigenvalue weighted by Gasteiger charge is -2.62. The predicted molar refractivity (Wildman–Crippen MR) is 80.5 cm³/mol. The molecule has 0 aliphatic carbocycles. The standard InChI is InChI=1S/C15H28F3N3/c1-6-19-12(20-10-8-7-9-15(16,17)18)21-11-13(2,3)14(21,4)5/h6-11H2,1-5H3,(H,19,20). The average molecular weight is 307 g/mol. The van der Waals surface area contributed by atoms with Crippen molar-refractivity contribution in [3.05, 3.63) is 0 Å². The Balaban J connectivity index is 2.53. The fourth-order valence-electron chi connectivity index (χ4n) is 2.42. The zero-order chi connectivity index (χ0) is 16.3. The number of halogens is 3. The van der Waals surface area contributed by atoms with Gasteiger partial charge in [-0.05, 0) is 33.6 Å². The van der Waals surface area contributed by atoms with Crippen molar-refractivity contribution in [2.75, 3.05) is 19.6 Å². The predicted octanol–water partition coefficient (Wildman–Crippen LogP) is 3.80. The van der Waals surface area contributed by atoms with Crippen molar-refractivity contribution in [3.8, 4) is 0 Å². The molecule has 0 unspecified atom stereocenters. The lowest BCUT2D eigenvalue weighted by Crippen LogP contribution is -2.72. The molecule has 0 bridgehead atoms. The summed E-state index contributed by atoms with van der Waals surface area (Å²) in [6, 6.07) is 0. The van der Waals surface area contributed by atoms with E-state index in [1.165, 1.54) is 0 Å². The molecule has 1 saturated heterocycles. The van der Waals surface area contributed by atoms with Crippen LogP contribution in [0.2, 0.25) is 0 Å². The largest absolute Gasteiger partial charge is 0.389 e. The monoisotopic (exact) mass is 307 g/mol. The van der Waals surface area contributed by atoms with Gasteiger partial charge in [0, 0.05) is 37.0 Å². The highest BCUT2D eigenvalue weighted by Crippen LogP contribution is 2.46. The van der Waals surface area contributed by atoms with E-state index < -0.39 is 12.6 Å². The maximum atomic E-state index is 12.1. The summed E-state index contributed by atoms with van der Waals surface area (Å²) in [5.74, 6) is 0.814. The molecule has 0 spiro atoms. The minimum Gasteiger partial charge on any atom is -0.356 e. The summed E-state index contributed by atoms with van der Waals surface area (Å²) in [5, 5.41) is 3.24. The van der Waals surface area contributed by atoms with Gasteiger partial charge < -0.3 is 10.2 Å². The van der Waals surface area contributed by atoms with E-state index in [-0.39, 0.29) is 17.4 Å². The molecule has 1 heterocycles. The van der Waals surface area contributed by atoms with Gasteiger partial charge in [0.15, 0.2) is 5.96 Å². The Labute approximate surface area is 126 Å². The van der Waals surface area contributed by atoms with Gasteiger partial charge in [-0.25, -0.2) is 0 Å². The lowest BCUT2D eigenvalue weighted by molar-refractivity contribution is -0.135. The Kier molecular flexibility index (Phi) is 5.56. The first-order chi connectivity index (χ1) is 9.51. The lowest BCUT2D eigenvalue weighted by atomic mass is 9.65. The number of nitrogens with one attached hydrogen (secondary N) is 1. The number of guanidine groups is 1. The van der Waals surface area contributed by atoms with E-state index in [4.69, 9.17) is 0 Å². The summed E-state index contributed by atoms with van der Waals surface area (Å²) in [6.45, 7) is 12.9. The highest BCUT2D eigenvalue weighted by Gasteiger charge is 2.53.